The SMILES string of the molecule is O=C(CCN1CCCC1)N1CCC[C@H](c2cc(N3CCOCC3)ncn2)C1. The van der Waals surface area contributed by atoms with Crippen molar-refractivity contribution in [2.45, 2.75) is 38.0 Å². The molecule has 27 heavy (non-hydrogen) atoms. The second-order valence-electron chi connectivity index (χ2n) is 7.88. The van der Waals surface area contributed by atoms with Crippen LogP contribution in [0.1, 0.15) is 43.7 Å². The Kier molecular flexibility index (Phi) is 6.19. The Bertz CT molecular complexity index is 629. The van der Waals surface area contributed by atoms with Crippen molar-refractivity contribution in [3.05, 3.63) is 18.1 Å². The summed E-state index contributed by atoms with van der Waals surface area (Å²) in [6, 6.07) is 2.12. The monoisotopic (exact) mass is 373 g/mol. The fourth-order valence-corrected chi connectivity index (χ4v) is 4.41. The lowest BCUT2D eigenvalue weighted by atomic mass is 9.94. The zero-order chi connectivity index (χ0) is 18.5. The largest absolute Gasteiger partial charge is 0.378 e. The lowest BCUT2D eigenvalue weighted by Crippen LogP contribution is -2.40. The van der Waals surface area contributed by atoms with E-state index in [1.807, 2.05) is 0 Å². The summed E-state index contributed by atoms with van der Waals surface area (Å²) in [6.07, 6.45) is 7.02. The zero-order valence-electron chi connectivity index (χ0n) is 16.2. The Hall–Kier alpha value is -1.73. The molecule has 0 saturated carbocycles. The highest BCUT2D eigenvalue weighted by atomic mass is 16.5. The van der Waals surface area contributed by atoms with E-state index in [1.54, 1.807) is 6.33 Å². The Morgan fingerprint density at radius 3 is 2.70 bits per heavy atom. The standard InChI is InChI=1S/C20H31N5O2/c26-20(5-9-23-6-1-2-7-23)25-8-3-4-17(15-25)18-14-19(22-16-21-18)24-10-12-27-13-11-24/h14,16-17H,1-13,15H2/t17-/m0/s1. The molecule has 3 fully saturated rings. The predicted octanol–water partition coefficient (Wildman–Crippen LogP) is 1.51. The molecule has 1 aromatic heterocycles. The lowest BCUT2D eigenvalue weighted by Gasteiger charge is -2.33. The van der Waals surface area contributed by atoms with Gasteiger partial charge in [-0.05, 0) is 38.8 Å². The number of hydrogen-bond acceptors (Lipinski definition) is 6. The third-order valence-corrected chi connectivity index (χ3v) is 6.04. The van der Waals surface area contributed by atoms with Gasteiger partial charge in [-0.1, -0.05) is 0 Å². The van der Waals surface area contributed by atoms with E-state index < -0.39 is 0 Å². The van der Waals surface area contributed by atoms with Crippen molar-refractivity contribution in [3.8, 4) is 0 Å². The lowest BCUT2D eigenvalue weighted by molar-refractivity contribution is -0.132. The number of nitrogens with zero attached hydrogens (tertiary/aromatic N) is 5. The molecule has 3 aliphatic rings. The van der Waals surface area contributed by atoms with Gasteiger partial charge in [-0.3, -0.25) is 4.79 Å². The maximum Gasteiger partial charge on any atom is 0.223 e. The van der Waals surface area contributed by atoms with Gasteiger partial charge < -0.3 is 19.4 Å². The highest BCUT2D eigenvalue weighted by molar-refractivity contribution is 5.76. The average molecular weight is 374 g/mol. The van der Waals surface area contributed by atoms with Crippen molar-refractivity contribution in [1.82, 2.24) is 19.8 Å². The first-order chi connectivity index (χ1) is 13.3. The highest BCUT2D eigenvalue weighted by Crippen LogP contribution is 2.27. The summed E-state index contributed by atoms with van der Waals surface area (Å²) >= 11 is 0. The molecule has 148 valence electrons. The van der Waals surface area contributed by atoms with E-state index in [2.05, 4.69) is 30.7 Å². The number of ether oxygens (including phenoxy) is 1. The van der Waals surface area contributed by atoms with Gasteiger partial charge in [0.2, 0.25) is 5.91 Å². The van der Waals surface area contributed by atoms with Crippen molar-refractivity contribution >= 4 is 11.7 Å². The number of hydrogen-bond donors (Lipinski definition) is 0. The zero-order valence-corrected chi connectivity index (χ0v) is 16.2. The molecule has 0 N–H and O–H groups in total. The van der Waals surface area contributed by atoms with Crippen LogP contribution in [0.4, 0.5) is 5.82 Å². The molecule has 7 nitrogen and oxygen atoms in total. The number of morpholine rings is 1. The summed E-state index contributed by atoms with van der Waals surface area (Å²) in [4.78, 5) is 28.4. The van der Waals surface area contributed by atoms with Gasteiger partial charge >= 0.3 is 0 Å². The van der Waals surface area contributed by atoms with Crippen LogP contribution in [0.2, 0.25) is 0 Å². The number of likely N-dealkylation sites (tertiary alicyclic amines) is 2. The van der Waals surface area contributed by atoms with E-state index in [9.17, 15) is 4.79 Å². The topological polar surface area (TPSA) is 61.8 Å². The maximum atomic E-state index is 12.7. The summed E-state index contributed by atoms with van der Waals surface area (Å²) in [5, 5.41) is 0. The van der Waals surface area contributed by atoms with Gasteiger partial charge in [-0.2, -0.15) is 0 Å². The summed E-state index contributed by atoms with van der Waals surface area (Å²) in [6.45, 7) is 8.15. The Morgan fingerprint density at radius 1 is 1.07 bits per heavy atom. The van der Waals surface area contributed by atoms with E-state index in [0.29, 0.717) is 18.2 Å². The molecule has 0 spiro atoms. The second-order valence-corrected chi connectivity index (χ2v) is 7.88. The number of anilines is 1. The van der Waals surface area contributed by atoms with Crippen molar-refractivity contribution in [1.29, 1.82) is 0 Å². The van der Waals surface area contributed by atoms with Crippen molar-refractivity contribution < 1.29 is 9.53 Å². The molecule has 0 radical (unpaired) electrons. The summed E-state index contributed by atoms with van der Waals surface area (Å²) in [5.74, 6) is 1.60. The molecule has 3 aliphatic heterocycles. The van der Waals surface area contributed by atoms with Crippen molar-refractivity contribution in [3.63, 3.8) is 0 Å². The van der Waals surface area contributed by atoms with Gasteiger partial charge in [-0.15, -0.1) is 0 Å². The van der Waals surface area contributed by atoms with Crippen LogP contribution in [-0.2, 0) is 9.53 Å². The summed E-state index contributed by atoms with van der Waals surface area (Å²) in [7, 11) is 0. The van der Waals surface area contributed by atoms with Crippen LogP contribution in [-0.4, -0.2) is 84.7 Å². The van der Waals surface area contributed by atoms with Crippen LogP contribution in [0, 0.1) is 0 Å². The molecule has 7 heteroatoms. The number of amides is 1. The molecule has 0 aromatic carbocycles. The van der Waals surface area contributed by atoms with E-state index in [0.717, 1.165) is 83.4 Å². The Labute approximate surface area is 161 Å². The molecule has 0 aliphatic carbocycles. The van der Waals surface area contributed by atoms with Crippen LogP contribution >= 0.6 is 0 Å². The molecule has 1 aromatic rings. The predicted molar refractivity (Wildman–Crippen MR) is 104 cm³/mol. The van der Waals surface area contributed by atoms with Crippen molar-refractivity contribution in [2.75, 3.05) is 63.9 Å². The fraction of sp³-hybridized carbons (Fsp3) is 0.750. The van der Waals surface area contributed by atoms with E-state index in [-0.39, 0.29) is 0 Å². The first-order valence-corrected chi connectivity index (χ1v) is 10.4. The van der Waals surface area contributed by atoms with Gasteiger partial charge in [0, 0.05) is 51.1 Å². The molecule has 3 saturated heterocycles. The molecular weight excluding hydrogens is 342 g/mol. The van der Waals surface area contributed by atoms with Crippen LogP contribution in [0.5, 0.6) is 0 Å². The van der Waals surface area contributed by atoms with Crippen LogP contribution in [0.3, 0.4) is 0 Å². The number of rotatable bonds is 5. The Balaban J connectivity index is 1.35. The quantitative estimate of drug-likeness (QED) is 0.780. The van der Waals surface area contributed by atoms with E-state index in [1.165, 1.54) is 12.8 Å². The third kappa shape index (κ3) is 4.76. The second kappa shape index (κ2) is 8.97. The van der Waals surface area contributed by atoms with Gasteiger partial charge in [0.15, 0.2) is 0 Å². The minimum absolute atomic E-state index is 0.300. The summed E-state index contributed by atoms with van der Waals surface area (Å²) < 4.78 is 5.44. The van der Waals surface area contributed by atoms with E-state index in [4.69, 9.17) is 4.74 Å². The highest BCUT2D eigenvalue weighted by Gasteiger charge is 2.27. The molecular formula is C20H31N5O2. The molecule has 0 unspecified atom stereocenters. The minimum Gasteiger partial charge on any atom is -0.378 e. The average Bonchev–Trinajstić information content (AvgIpc) is 3.26. The van der Waals surface area contributed by atoms with Gasteiger partial charge in [0.1, 0.15) is 12.1 Å². The van der Waals surface area contributed by atoms with Crippen LogP contribution in [0.25, 0.3) is 0 Å². The molecule has 0 bridgehead atoms. The maximum absolute atomic E-state index is 12.7. The molecule has 1 atom stereocenters. The van der Waals surface area contributed by atoms with Gasteiger partial charge in [-0.25, -0.2) is 9.97 Å². The molecule has 4 rings (SSSR count). The Morgan fingerprint density at radius 2 is 1.89 bits per heavy atom. The van der Waals surface area contributed by atoms with E-state index >= 15 is 0 Å². The number of aromatic nitrogens is 2. The van der Waals surface area contributed by atoms with Crippen molar-refractivity contribution in [2.24, 2.45) is 0 Å². The smallest absolute Gasteiger partial charge is 0.223 e. The summed E-state index contributed by atoms with van der Waals surface area (Å²) in [5.41, 5.74) is 1.07. The van der Waals surface area contributed by atoms with Crippen LogP contribution < -0.4 is 4.90 Å². The fourth-order valence-electron chi connectivity index (χ4n) is 4.41. The molecule has 4 heterocycles. The number of carbonyl (C=O) groups excluding carboxylic acids is 1. The number of carbonyl (C=O) groups is 1. The van der Waals surface area contributed by atoms with Crippen LogP contribution in [0.15, 0.2) is 12.4 Å². The normalized spacial score (nSPS) is 24.4. The first-order valence-electron chi connectivity index (χ1n) is 10.4. The van der Waals surface area contributed by atoms with Gasteiger partial charge in [0.05, 0.1) is 18.9 Å². The number of piperidine rings is 1. The third-order valence-electron chi connectivity index (χ3n) is 6.04. The first kappa shape index (κ1) is 18.6. The molecule has 1 amide bonds. The van der Waals surface area contributed by atoms with Gasteiger partial charge in [0.25, 0.3) is 0 Å². The minimum atomic E-state index is 0.300.